The summed E-state index contributed by atoms with van der Waals surface area (Å²) in [5.41, 5.74) is 2.08. The van der Waals surface area contributed by atoms with E-state index in [1.165, 1.54) is 0 Å². The Kier molecular flexibility index (Phi) is 5.02. The Bertz CT molecular complexity index is 537. The fourth-order valence-electron chi connectivity index (χ4n) is 1.88. The maximum absolute atomic E-state index is 6.12. The lowest BCUT2D eigenvalue weighted by Crippen LogP contribution is -2.18. The van der Waals surface area contributed by atoms with Crippen LogP contribution in [0.5, 0.6) is 0 Å². The second-order valence-corrected chi connectivity index (χ2v) is 4.76. The van der Waals surface area contributed by atoms with Gasteiger partial charge in [-0.15, -0.1) is 0 Å². The number of methoxy groups -OCH3 is 1. The molecule has 2 aromatic rings. The zero-order chi connectivity index (χ0) is 13.7. The maximum Gasteiger partial charge on any atom is 0.134 e. The molecule has 2 rings (SSSR count). The molecule has 0 aliphatic rings. The van der Waals surface area contributed by atoms with Crippen LogP contribution in [-0.2, 0) is 11.3 Å². The predicted molar refractivity (Wildman–Crippen MR) is 77.5 cm³/mol. The highest BCUT2D eigenvalue weighted by Crippen LogP contribution is 2.29. The molecule has 1 heterocycles. The molecule has 102 valence electrons. The molecule has 0 saturated carbocycles. The van der Waals surface area contributed by atoms with Crippen LogP contribution in [0.25, 0.3) is 11.3 Å². The van der Waals surface area contributed by atoms with Crippen molar-refractivity contribution in [1.29, 1.82) is 0 Å². The molecule has 4 heteroatoms. The van der Waals surface area contributed by atoms with Crippen LogP contribution in [0.4, 0.5) is 0 Å². The predicted octanol–water partition coefficient (Wildman–Crippen LogP) is 3.64. The van der Waals surface area contributed by atoms with E-state index in [0.29, 0.717) is 13.2 Å². The van der Waals surface area contributed by atoms with Gasteiger partial charge < -0.3 is 14.5 Å². The van der Waals surface area contributed by atoms with Crippen molar-refractivity contribution in [2.75, 3.05) is 20.3 Å². The zero-order valence-electron chi connectivity index (χ0n) is 11.2. The fourth-order valence-corrected chi connectivity index (χ4v) is 2.05. The normalized spacial score (nSPS) is 10.9. The van der Waals surface area contributed by atoms with Gasteiger partial charge in [0.1, 0.15) is 11.5 Å². The van der Waals surface area contributed by atoms with Gasteiger partial charge in [-0.3, -0.25) is 0 Å². The van der Waals surface area contributed by atoms with E-state index in [9.17, 15) is 0 Å². The molecule has 1 aromatic carbocycles. The molecule has 0 aliphatic heterocycles. The van der Waals surface area contributed by atoms with Gasteiger partial charge in [-0.1, -0.05) is 23.7 Å². The summed E-state index contributed by atoms with van der Waals surface area (Å²) >= 11 is 6.12. The van der Waals surface area contributed by atoms with Crippen LogP contribution in [-0.4, -0.2) is 20.3 Å². The molecule has 0 radical (unpaired) electrons. The lowest BCUT2D eigenvalue weighted by Gasteiger charge is -2.04. The first-order valence-electron chi connectivity index (χ1n) is 6.26. The van der Waals surface area contributed by atoms with Crippen LogP contribution in [0.2, 0.25) is 5.02 Å². The summed E-state index contributed by atoms with van der Waals surface area (Å²) < 4.78 is 10.8. The van der Waals surface area contributed by atoms with Crippen molar-refractivity contribution in [2.24, 2.45) is 0 Å². The third kappa shape index (κ3) is 3.60. The summed E-state index contributed by atoms with van der Waals surface area (Å²) in [6.45, 7) is 4.20. The van der Waals surface area contributed by atoms with Crippen molar-refractivity contribution < 1.29 is 9.15 Å². The monoisotopic (exact) mass is 279 g/mol. The largest absolute Gasteiger partial charge is 0.460 e. The number of hydrogen-bond acceptors (Lipinski definition) is 3. The van der Waals surface area contributed by atoms with Gasteiger partial charge in [0.05, 0.1) is 13.2 Å². The summed E-state index contributed by atoms with van der Waals surface area (Å²) in [6, 6.07) is 9.80. The number of benzene rings is 1. The highest BCUT2D eigenvalue weighted by Gasteiger charge is 2.09. The summed E-state index contributed by atoms with van der Waals surface area (Å²) in [5.74, 6) is 1.76. The van der Waals surface area contributed by atoms with Gasteiger partial charge in [0.25, 0.3) is 0 Å². The van der Waals surface area contributed by atoms with Gasteiger partial charge >= 0.3 is 0 Å². The fraction of sp³-hybridized carbons (Fsp3) is 0.333. The van der Waals surface area contributed by atoms with E-state index in [-0.39, 0.29) is 0 Å². The molecule has 0 aliphatic carbocycles. The highest BCUT2D eigenvalue weighted by molar-refractivity contribution is 6.31. The molecule has 1 aromatic heterocycles. The van der Waals surface area contributed by atoms with E-state index in [1.54, 1.807) is 7.11 Å². The molecule has 0 saturated heterocycles. The molecule has 1 N–H and O–H groups in total. The van der Waals surface area contributed by atoms with E-state index >= 15 is 0 Å². The average molecular weight is 280 g/mol. The van der Waals surface area contributed by atoms with Crippen LogP contribution in [0.3, 0.4) is 0 Å². The van der Waals surface area contributed by atoms with Gasteiger partial charge in [0.2, 0.25) is 0 Å². The minimum atomic E-state index is 0.695. The first-order valence-corrected chi connectivity index (χ1v) is 6.64. The topological polar surface area (TPSA) is 34.4 Å². The van der Waals surface area contributed by atoms with E-state index < -0.39 is 0 Å². The third-order valence-electron chi connectivity index (χ3n) is 2.98. The Hall–Kier alpha value is -1.29. The molecular formula is C15H18ClNO2. The molecule has 0 amide bonds. The highest BCUT2D eigenvalue weighted by atomic mass is 35.5. The zero-order valence-corrected chi connectivity index (χ0v) is 12.0. The second kappa shape index (κ2) is 6.75. The number of halogens is 1. The maximum atomic E-state index is 6.12. The van der Waals surface area contributed by atoms with Crippen LogP contribution in [0, 0.1) is 6.92 Å². The van der Waals surface area contributed by atoms with Crippen molar-refractivity contribution in [2.45, 2.75) is 13.5 Å². The Morgan fingerprint density at radius 1 is 1.26 bits per heavy atom. The quantitative estimate of drug-likeness (QED) is 0.820. The number of nitrogens with one attached hydrogen (secondary N) is 1. The number of furan rings is 1. The Balaban J connectivity index is 2.06. The van der Waals surface area contributed by atoms with Crippen LogP contribution >= 0.6 is 11.6 Å². The molecule has 0 bridgehead atoms. The Morgan fingerprint density at radius 3 is 2.89 bits per heavy atom. The molecular weight excluding hydrogens is 262 g/mol. The van der Waals surface area contributed by atoms with E-state index in [0.717, 1.165) is 34.2 Å². The van der Waals surface area contributed by atoms with Crippen molar-refractivity contribution in [3.63, 3.8) is 0 Å². The second-order valence-electron chi connectivity index (χ2n) is 4.35. The minimum Gasteiger partial charge on any atom is -0.460 e. The van der Waals surface area contributed by atoms with Gasteiger partial charge in [-0.25, -0.2) is 0 Å². The molecule has 0 atom stereocenters. The third-order valence-corrected chi connectivity index (χ3v) is 3.39. The number of rotatable bonds is 6. The standard InChI is InChI=1S/C15H18ClNO2/c1-11-13(4-3-5-14(11)16)15-7-6-12(19-15)10-17-8-9-18-2/h3-7,17H,8-10H2,1-2H3. The van der Waals surface area contributed by atoms with Crippen LogP contribution in [0.15, 0.2) is 34.7 Å². The molecule has 0 fully saturated rings. The Morgan fingerprint density at radius 2 is 2.11 bits per heavy atom. The van der Waals surface area contributed by atoms with Gasteiger partial charge in [-0.2, -0.15) is 0 Å². The van der Waals surface area contributed by atoms with Crippen LogP contribution in [0.1, 0.15) is 11.3 Å². The average Bonchev–Trinajstić information content (AvgIpc) is 2.87. The van der Waals surface area contributed by atoms with Gasteiger partial charge in [0.15, 0.2) is 0 Å². The number of hydrogen-bond donors (Lipinski definition) is 1. The van der Waals surface area contributed by atoms with Crippen molar-refractivity contribution >= 4 is 11.6 Å². The van der Waals surface area contributed by atoms with Crippen LogP contribution < -0.4 is 5.32 Å². The van der Waals surface area contributed by atoms with Gasteiger partial charge in [0, 0.05) is 24.2 Å². The van der Waals surface area contributed by atoms with Crippen molar-refractivity contribution in [3.8, 4) is 11.3 Å². The summed E-state index contributed by atoms with van der Waals surface area (Å²) in [7, 11) is 1.69. The van der Waals surface area contributed by atoms with Crippen molar-refractivity contribution in [3.05, 3.63) is 46.7 Å². The van der Waals surface area contributed by atoms with E-state index in [4.69, 9.17) is 20.8 Å². The SMILES string of the molecule is COCCNCc1ccc(-c2cccc(Cl)c2C)o1. The molecule has 0 unspecified atom stereocenters. The lowest BCUT2D eigenvalue weighted by atomic mass is 10.1. The summed E-state index contributed by atoms with van der Waals surface area (Å²) in [5, 5.41) is 4.01. The minimum absolute atomic E-state index is 0.695. The first kappa shape index (κ1) is 14.1. The van der Waals surface area contributed by atoms with Gasteiger partial charge in [-0.05, 0) is 30.7 Å². The molecule has 3 nitrogen and oxygen atoms in total. The summed E-state index contributed by atoms with van der Waals surface area (Å²) in [4.78, 5) is 0. The van der Waals surface area contributed by atoms with E-state index in [2.05, 4.69) is 5.32 Å². The van der Waals surface area contributed by atoms with Crippen molar-refractivity contribution in [1.82, 2.24) is 5.32 Å². The molecule has 0 spiro atoms. The summed E-state index contributed by atoms with van der Waals surface area (Å²) in [6.07, 6.45) is 0. The first-order chi connectivity index (χ1) is 9.22. The Labute approximate surface area is 118 Å². The number of ether oxygens (including phenoxy) is 1. The molecule has 19 heavy (non-hydrogen) atoms. The smallest absolute Gasteiger partial charge is 0.134 e. The lowest BCUT2D eigenvalue weighted by molar-refractivity contribution is 0.198. The van der Waals surface area contributed by atoms with E-state index in [1.807, 2.05) is 37.3 Å².